The zero-order chi connectivity index (χ0) is 22.8. The summed E-state index contributed by atoms with van der Waals surface area (Å²) in [5.74, 6) is -0.373. The Morgan fingerprint density at radius 1 is 1.28 bits per heavy atom. The Labute approximate surface area is 193 Å². The Morgan fingerprint density at radius 3 is 2.75 bits per heavy atom. The number of halogens is 1. The quantitative estimate of drug-likeness (QED) is 0.582. The first-order valence-electron chi connectivity index (χ1n) is 10.1. The standard InChI is InChI=1S/C24H21ClN2O4S/c1-3-31-23(30)20-14(2)26-24-27(21(20)15-7-5-4-6-8-15)22(29)19(32-24)12-9-16-13-17(25)10-11-18(16)28/h4-8,10-13,21,28H,3,9H2,1-2H3. The van der Waals surface area contributed by atoms with Gasteiger partial charge in [-0.2, -0.15) is 0 Å². The van der Waals surface area contributed by atoms with Crippen molar-refractivity contribution in [1.29, 1.82) is 0 Å². The van der Waals surface area contributed by atoms with Crippen LogP contribution in [0, 0.1) is 0 Å². The molecular formula is C24H21ClN2O4S. The number of phenols is 1. The van der Waals surface area contributed by atoms with Crippen LogP contribution in [0.4, 0.5) is 0 Å². The lowest BCUT2D eigenvalue weighted by molar-refractivity contribution is -0.139. The number of rotatable bonds is 5. The highest BCUT2D eigenvalue weighted by molar-refractivity contribution is 7.07. The van der Waals surface area contributed by atoms with Crippen LogP contribution >= 0.6 is 22.9 Å². The van der Waals surface area contributed by atoms with Gasteiger partial charge in [-0.25, -0.2) is 9.79 Å². The van der Waals surface area contributed by atoms with Crippen LogP contribution in [0.1, 0.15) is 31.0 Å². The number of hydrogen-bond acceptors (Lipinski definition) is 6. The van der Waals surface area contributed by atoms with Crippen molar-refractivity contribution in [3.63, 3.8) is 0 Å². The highest BCUT2D eigenvalue weighted by atomic mass is 35.5. The van der Waals surface area contributed by atoms with E-state index in [0.717, 1.165) is 5.56 Å². The molecule has 0 amide bonds. The first kappa shape index (κ1) is 22.0. The highest BCUT2D eigenvalue weighted by Gasteiger charge is 2.33. The molecule has 2 heterocycles. The molecule has 4 rings (SSSR count). The molecular weight excluding hydrogens is 448 g/mol. The van der Waals surface area contributed by atoms with Gasteiger partial charge in [-0.15, -0.1) is 0 Å². The molecule has 1 atom stereocenters. The summed E-state index contributed by atoms with van der Waals surface area (Å²) in [7, 11) is 0. The van der Waals surface area contributed by atoms with Crippen molar-refractivity contribution >= 4 is 35.0 Å². The van der Waals surface area contributed by atoms with E-state index in [1.54, 1.807) is 36.6 Å². The number of aromatic nitrogens is 1. The summed E-state index contributed by atoms with van der Waals surface area (Å²) in [4.78, 5) is 31.3. The van der Waals surface area contributed by atoms with E-state index >= 15 is 0 Å². The predicted octanol–water partition coefficient (Wildman–Crippen LogP) is 3.35. The lowest BCUT2D eigenvalue weighted by Gasteiger charge is -2.24. The van der Waals surface area contributed by atoms with Gasteiger partial charge in [0.15, 0.2) is 4.80 Å². The van der Waals surface area contributed by atoms with Crippen molar-refractivity contribution in [3.05, 3.63) is 95.6 Å². The summed E-state index contributed by atoms with van der Waals surface area (Å²) in [6.07, 6.45) is 2.08. The highest BCUT2D eigenvalue weighted by Crippen LogP contribution is 2.30. The lowest BCUT2D eigenvalue weighted by atomic mass is 9.96. The van der Waals surface area contributed by atoms with E-state index in [2.05, 4.69) is 4.99 Å². The third-order valence-corrected chi connectivity index (χ3v) is 6.45. The van der Waals surface area contributed by atoms with Gasteiger partial charge in [0.05, 0.1) is 28.5 Å². The molecule has 6 nitrogen and oxygen atoms in total. The number of thiazole rings is 1. The SMILES string of the molecule is CCOC(=O)C1=C(C)N=c2sc(=CCc3cc(Cl)ccc3O)c(=O)n2C1c1ccccc1. The van der Waals surface area contributed by atoms with Gasteiger partial charge in [0.2, 0.25) is 0 Å². The fourth-order valence-electron chi connectivity index (χ4n) is 3.70. The summed E-state index contributed by atoms with van der Waals surface area (Å²) >= 11 is 7.28. The van der Waals surface area contributed by atoms with Gasteiger partial charge < -0.3 is 9.84 Å². The number of esters is 1. The molecule has 3 aromatic rings. The molecule has 0 fully saturated rings. The third kappa shape index (κ3) is 4.13. The Kier molecular flexibility index (Phi) is 6.30. The van der Waals surface area contributed by atoms with Crippen molar-refractivity contribution < 1.29 is 14.6 Å². The average molecular weight is 469 g/mol. The van der Waals surface area contributed by atoms with E-state index in [0.29, 0.717) is 37.6 Å². The molecule has 1 N–H and O–H groups in total. The zero-order valence-electron chi connectivity index (χ0n) is 17.5. The van der Waals surface area contributed by atoms with Crippen molar-refractivity contribution in [2.24, 2.45) is 4.99 Å². The molecule has 0 radical (unpaired) electrons. The molecule has 2 aromatic carbocycles. The van der Waals surface area contributed by atoms with E-state index in [1.807, 2.05) is 30.3 Å². The number of aromatic hydroxyl groups is 1. The first-order chi connectivity index (χ1) is 15.4. The fourth-order valence-corrected chi connectivity index (χ4v) is 4.91. The van der Waals surface area contributed by atoms with Crippen LogP contribution in [-0.2, 0) is 16.0 Å². The summed E-state index contributed by atoms with van der Waals surface area (Å²) in [6.45, 7) is 3.72. The maximum Gasteiger partial charge on any atom is 0.338 e. The van der Waals surface area contributed by atoms with Crippen LogP contribution in [0.15, 0.2) is 69.6 Å². The molecule has 0 bridgehead atoms. The molecule has 1 aliphatic heterocycles. The van der Waals surface area contributed by atoms with E-state index in [-0.39, 0.29) is 17.9 Å². The van der Waals surface area contributed by atoms with Crippen molar-refractivity contribution in [1.82, 2.24) is 4.57 Å². The Bertz CT molecular complexity index is 1390. The van der Waals surface area contributed by atoms with Crippen LogP contribution < -0.4 is 14.9 Å². The minimum atomic E-state index is -0.631. The van der Waals surface area contributed by atoms with Gasteiger partial charge in [0.25, 0.3) is 5.56 Å². The summed E-state index contributed by atoms with van der Waals surface area (Å²) < 4.78 is 7.30. The molecule has 164 valence electrons. The number of allylic oxidation sites excluding steroid dienone is 1. The second-order valence-electron chi connectivity index (χ2n) is 7.25. The number of carbonyl (C=O) groups is 1. The fraction of sp³-hybridized carbons (Fsp3) is 0.208. The Hall–Kier alpha value is -3.16. The van der Waals surface area contributed by atoms with Crippen LogP contribution in [0.25, 0.3) is 6.08 Å². The van der Waals surface area contributed by atoms with E-state index in [1.165, 1.54) is 17.4 Å². The normalized spacial score (nSPS) is 16.0. The van der Waals surface area contributed by atoms with Gasteiger partial charge in [-0.1, -0.05) is 59.3 Å². The largest absolute Gasteiger partial charge is 0.508 e. The Morgan fingerprint density at radius 2 is 2.03 bits per heavy atom. The zero-order valence-corrected chi connectivity index (χ0v) is 19.1. The maximum absolute atomic E-state index is 13.4. The molecule has 0 aliphatic carbocycles. The molecule has 1 aliphatic rings. The molecule has 0 spiro atoms. The van der Waals surface area contributed by atoms with Gasteiger partial charge in [-0.3, -0.25) is 9.36 Å². The van der Waals surface area contributed by atoms with Crippen LogP contribution in [-0.4, -0.2) is 22.2 Å². The average Bonchev–Trinajstić information content (AvgIpc) is 3.09. The Balaban J connectivity index is 1.86. The van der Waals surface area contributed by atoms with E-state index < -0.39 is 12.0 Å². The molecule has 0 saturated heterocycles. The minimum absolute atomic E-state index is 0.112. The molecule has 1 aromatic heterocycles. The summed E-state index contributed by atoms with van der Waals surface area (Å²) in [5, 5.41) is 10.6. The van der Waals surface area contributed by atoms with Crippen molar-refractivity contribution in [2.45, 2.75) is 26.3 Å². The number of phenolic OH excluding ortho intramolecular Hbond substituents is 1. The smallest absolute Gasteiger partial charge is 0.338 e. The molecule has 0 saturated carbocycles. The second kappa shape index (κ2) is 9.14. The predicted molar refractivity (Wildman–Crippen MR) is 125 cm³/mol. The van der Waals surface area contributed by atoms with Gasteiger partial charge in [0, 0.05) is 5.02 Å². The molecule has 8 heteroatoms. The summed E-state index contributed by atoms with van der Waals surface area (Å²) in [6, 6.07) is 13.5. The minimum Gasteiger partial charge on any atom is -0.508 e. The number of hydrogen-bond donors (Lipinski definition) is 1. The van der Waals surface area contributed by atoms with Crippen molar-refractivity contribution in [2.75, 3.05) is 6.61 Å². The second-order valence-corrected chi connectivity index (χ2v) is 8.70. The number of nitrogens with zero attached hydrogens (tertiary/aromatic N) is 2. The van der Waals surface area contributed by atoms with Crippen LogP contribution in [0.3, 0.4) is 0 Å². The topological polar surface area (TPSA) is 80.9 Å². The molecule has 32 heavy (non-hydrogen) atoms. The monoisotopic (exact) mass is 468 g/mol. The van der Waals surface area contributed by atoms with E-state index in [9.17, 15) is 14.7 Å². The lowest BCUT2D eigenvalue weighted by Crippen LogP contribution is -2.39. The van der Waals surface area contributed by atoms with Crippen LogP contribution in [0.5, 0.6) is 5.75 Å². The van der Waals surface area contributed by atoms with Gasteiger partial charge >= 0.3 is 5.97 Å². The summed E-state index contributed by atoms with van der Waals surface area (Å²) in [5.41, 5.74) is 2.04. The maximum atomic E-state index is 13.4. The van der Waals surface area contributed by atoms with Crippen molar-refractivity contribution in [3.8, 4) is 5.75 Å². The number of ether oxygens (including phenoxy) is 1. The van der Waals surface area contributed by atoms with Gasteiger partial charge in [-0.05, 0) is 49.6 Å². The van der Waals surface area contributed by atoms with E-state index in [4.69, 9.17) is 16.3 Å². The number of carbonyl (C=O) groups excluding carboxylic acids is 1. The van der Waals surface area contributed by atoms with Gasteiger partial charge in [0.1, 0.15) is 5.75 Å². The number of fused-ring (bicyclic) bond motifs is 1. The molecule has 1 unspecified atom stereocenters. The number of benzene rings is 2. The first-order valence-corrected chi connectivity index (χ1v) is 11.3. The third-order valence-electron chi connectivity index (χ3n) is 5.18. The van der Waals surface area contributed by atoms with Crippen LogP contribution in [0.2, 0.25) is 5.02 Å².